The van der Waals surface area contributed by atoms with Crippen LogP contribution in [0.15, 0.2) is 0 Å². The highest BCUT2D eigenvalue weighted by Crippen LogP contribution is 2.27. The fraction of sp³-hybridized carbons (Fsp3) is 1.00. The van der Waals surface area contributed by atoms with Crippen LogP contribution in [0.1, 0.15) is 25.7 Å². The Kier molecular flexibility index (Phi) is 1.44. The zero-order chi connectivity index (χ0) is 6.10. The molecule has 2 rings (SSSR count). The molecule has 0 bridgehead atoms. The minimum absolute atomic E-state index is 0.809. The highest BCUT2D eigenvalue weighted by molar-refractivity contribution is 4.80. The van der Waals surface area contributed by atoms with Crippen LogP contribution in [-0.4, -0.2) is 12.6 Å². The van der Waals surface area contributed by atoms with Crippen LogP contribution in [0.4, 0.5) is 0 Å². The molecule has 52 valence electrons. The van der Waals surface area contributed by atoms with E-state index in [2.05, 4.69) is 10.9 Å². The molecular formula is C7H14N2. The number of nitrogens with one attached hydrogen (secondary N) is 2. The second kappa shape index (κ2) is 2.27. The summed E-state index contributed by atoms with van der Waals surface area (Å²) in [6, 6.07) is 0.809. The molecule has 2 saturated carbocycles. The average molecular weight is 126 g/mol. The summed E-state index contributed by atoms with van der Waals surface area (Å²) >= 11 is 0. The molecule has 0 atom stereocenters. The van der Waals surface area contributed by atoms with Crippen LogP contribution >= 0.6 is 0 Å². The Hall–Kier alpha value is -0.0800. The number of hydrogen-bond donors (Lipinski definition) is 2. The van der Waals surface area contributed by atoms with Crippen molar-refractivity contribution < 1.29 is 0 Å². The van der Waals surface area contributed by atoms with Crippen molar-refractivity contribution in [3.63, 3.8) is 0 Å². The molecule has 2 aliphatic rings. The Balaban J connectivity index is 1.46. The Labute approximate surface area is 56.0 Å². The van der Waals surface area contributed by atoms with Crippen molar-refractivity contribution in [3.05, 3.63) is 0 Å². The van der Waals surface area contributed by atoms with Gasteiger partial charge in [0.25, 0.3) is 0 Å². The Morgan fingerprint density at radius 3 is 2.44 bits per heavy atom. The molecule has 0 aromatic rings. The van der Waals surface area contributed by atoms with E-state index in [-0.39, 0.29) is 0 Å². The standard InChI is InChI=1S/C7H14N2/c1-2-6(1)5-8-9-7-3-4-7/h6-9H,1-5H2. The summed E-state index contributed by atoms with van der Waals surface area (Å²) in [5.74, 6) is 0.997. The lowest BCUT2D eigenvalue weighted by Crippen LogP contribution is -2.34. The van der Waals surface area contributed by atoms with Crippen LogP contribution in [0.3, 0.4) is 0 Å². The highest BCUT2D eigenvalue weighted by atomic mass is 15.4. The van der Waals surface area contributed by atoms with E-state index in [1.54, 1.807) is 0 Å². The van der Waals surface area contributed by atoms with Crippen molar-refractivity contribution in [1.82, 2.24) is 10.9 Å². The van der Waals surface area contributed by atoms with Crippen molar-refractivity contribution in [1.29, 1.82) is 0 Å². The first-order valence-corrected chi connectivity index (χ1v) is 3.93. The molecule has 0 spiro atoms. The smallest absolute Gasteiger partial charge is 0.0214 e. The second-order valence-electron chi connectivity index (χ2n) is 3.24. The second-order valence-corrected chi connectivity index (χ2v) is 3.24. The monoisotopic (exact) mass is 126 g/mol. The first-order chi connectivity index (χ1) is 4.45. The van der Waals surface area contributed by atoms with Crippen LogP contribution in [0, 0.1) is 5.92 Å². The number of hydrazine groups is 1. The molecule has 0 unspecified atom stereocenters. The van der Waals surface area contributed by atoms with Gasteiger partial charge in [-0.25, -0.2) is 0 Å². The fourth-order valence-corrected chi connectivity index (χ4v) is 0.897. The quantitative estimate of drug-likeness (QED) is 0.540. The van der Waals surface area contributed by atoms with Gasteiger partial charge in [0.15, 0.2) is 0 Å². The van der Waals surface area contributed by atoms with Crippen molar-refractivity contribution in [3.8, 4) is 0 Å². The fourth-order valence-electron chi connectivity index (χ4n) is 0.897. The summed E-state index contributed by atoms with van der Waals surface area (Å²) in [7, 11) is 0. The molecule has 2 nitrogen and oxygen atoms in total. The van der Waals surface area contributed by atoms with Crippen LogP contribution in [-0.2, 0) is 0 Å². The Bertz CT molecular complexity index is 83.1. The van der Waals surface area contributed by atoms with E-state index in [0.717, 1.165) is 12.0 Å². The van der Waals surface area contributed by atoms with Gasteiger partial charge in [0.1, 0.15) is 0 Å². The SMILES string of the molecule is C1CC1CNNC1CC1. The first kappa shape index (κ1) is 5.69. The van der Waals surface area contributed by atoms with Gasteiger partial charge in [-0.2, -0.15) is 0 Å². The lowest BCUT2D eigenvalue weighted by molar-refractivity contribution is 0.508. The predicted octanol–water partition coefficient (Wildman–Crippen LogP) is 0.653. The van der Waals surface area contributed by atoms with E-state index in [1.807, 2.05) is 0 Å². The molecule has 0 radical (unpaired) electrons. The zero-order valence-electron chi connectivity index (χ0n) is 5.69. The zero-order valence-corrected chi connectivity index (χ0v) is 5.69. The molecule has 9 heavy (non-hydrogen) atoms. The predicted molar refractivity (Wildman–Crippen MR) is 36.9 cm³/mol. The third-order valence-electron chi connectivity index (χ3n) is 1.97. The summed E-state index contributed by atoms with van der Waals surface area (Å²) in [6.07, 6.45) is 5.63. The van der Waals surface area contributed by atoms with E-state index in [1.165, 1.54) is 32.2 Å². The normalized spacial score (nSPS) is 26.7. The molecule has 2 fully saturated rings. The van der Waals surface area contributed by atoms with Crippen molar-refractivity contribution in [2.24, 2.45) is 5.92 Å². The molecule has 0 heterocycles. The highest BCUT2D eigenvalue weighted by Gasteiger charge is 2.23. The first-order valence-electron chi connectivity index (χ1n) is 3.93. The minimum atomic E-state index is 0.809. The van der Waals surface area contributed by atoms with Crippen molar-refractivity contribution in [2.45, 2.75) is 31.7 Å². The molecule has 2 aliphatic carbocycles. The van der Waals surface area contributed by atoms with E-state index in [4.69, 9.17) is 0 Å². The van der Waals surface area contributed by atoms with Gasteiger partial charge in [-0.1, -0.05) is 0 Å². The molecule has 2 heteroatoms. The lowest BCUT2D eigenvalue weighted by Gasteiger charge is -2.02. The third-order valence-corrected chi connectivity index (χ3v) is 1.97. The lowest BCUT2D eigenvalue weighted by atomic mass is 10.4. The van der Waals surface area contributed by atoms with E-state index in [9.17, 15) is 0 Å². The summed E-state index contributed by atoms with van der Waals surface area (Å²) in [6.45, 7) is 1.19. The molecular weight excluding hydrogens is 112 g/mol. The average Bonchev–Trinajstić information content (AvgIpc) is 2.57. The van der Waals surface area contributed by atoms with Gasteiger partial charge in [0.05, 0.1) is 0 Å². The minimum Gasteiger partial charge on any atom is -0.257 e. The molecule has 0 aromatic heterocycles. The molecule has 0 aromatic carbocycles. The van der Waals surface area contributed by atoms with Crippen LogP contribution in [0.2, 0.25) is 0 Å². The van der Waals surface area contributed by atoms with E-state index >= 15 is 0 Å². The number of rotatable bonds is 4. The van der Waals surface area contributed by atoms with Gasteiger partial charge >= 0.3 is 0 Å². The Morgan fingerprint density at radius 1 is 1.11 bits per heavy atom. The van der Waals surface area contributed by atoms with Gasteiger partial charge in [0, 0.05) is 12.6 Å². The van der Waals surface area contributed by atoms with Crippen molar-refractivity contribution >= 4 is 0 Å². The van der Waals surface area contributed by atoms with Crippen LogP contribution in [0.25, 0.3) is 0 Å². The maximum Gasteiger partial charge on any atom is 0.0214 e. The van der Waals surface area contributed by atoms with Crippen molar-refractivity contribution in [2.75, 3.05) is 6.54 Å². The maximum atomic E-state index is 3.28. The molecule has 0 amide bonds. The molecule has 2 N–H and O–H groups in total. The van der Waals surface area contributed by atoms with E-state index in [0.29, 0.717) is 0 Å². The maximum absolute atomic E-state index is 3.28. The van der Waals surface area contributed by atoms with Crippen LogP contribution < -0.4 is 10.9 Å². The topological polar surface area (TPSA) is 24.1 Å². The van der Waals surface area contributed by atoms with Crippen LogP contribution in [0.5, 0.6) is 0 Å². The molecule has 0 aliphatic heterocycles. The van der Waals surface area contributed by atoms with E-state index < -0.39 is 0 Å². The van der Waals surface area contributed by atoms with Gasteiger partial charge < -0.3 is 0 Å². The summed E-state index contributed by atoms with van der Waals surface area (Å²) in [5, 5.41) is 0. The molecule has 0 saturated heterocycles. The number of hydrogen-bond acceptors (Lipinski definition) is 2. The summed E-state index contributed by atoms with van der Waals surface area (Å²) < 4.78 is 0. The van der Waals surface area contributed by atoms with Gasteiger partial charge in [-0.15, -0.1) is 0 Å². The van der Waals surface area contributed by atoms with Gasteiger partial charge in [-0.05, 0) is 31.6 Å². The van der Waals surface area contributed by atoms with Gasteiger partial charge in [-0.3, -0.25) is 10.9 Å². The summed E-state index contributed by atoms with van der Waals surface area (Å²) in [4.78, 5) is 0. The third kappa shape index (κ3) is 1.95. The Morgan fingerprint density at radius 2 is 1.89 bits per heavy atom. The largest absolute Gasteiger partial charge is 0.257 e. The summed E-state index contributed by atoms with van der Waals surface area (Å²) in [5.41, 5.74) is 6.54. The van der Waals surface area contributed by atoms with Gasteiger partial charge in [0.2, 0.25) is 0 Å².